The molecule has 0 spiro atoms. The molecule has 5 heteroatoms. The lowest BCUT2D eigenvalue weighted by Gasteiger charge is -2.16. The highest BCUT2D eigenvalue weighted by molar-refractivity contribution is 5.85. The van der Waals surface area contributed by atoms with Gasteiger partial charge in [-0.25, -0.2) is 4.79 Å². The molecule has 0 radical (unpaired) electrons. The molecule has 0 atom stereocenters. The largest absolute Gasteiger partial charge is 0.448 e. The van der Waals surface area contributed by atoms with E-state index in [1.54, 1.807) is 0 Å². The number of aryl methyl sites for hydroxylation is 1. The van der Waals surface area contributed by atoms with Crippen LogP contribution in [-0.2, 0) is 11.3 Å². The SMILES string of the molecule is Cc1ccc(NC(=O)OCCN(C)Cc2ccccc2)cc1.Cl. The van der Waals surface area contributed by atoms with Crippen LogP contribution in [0, 0.1) is 6.92 Å². The molecule has 0 saturated carbocycles. The van der Waals surface area contributed by atoms with Crippen molar-refractivity contribution in [3.05, 3.63) is 65.7 Å². The zero-order valence-corrected chi connectivity index (χ0v) is 14.3. The molecule has 1 N–H and O–H groups in total. The first-order chi connectivity index (χ1) is 10.6. The molecule has 0 aliphatic rings. The standard InChI is InChI=1S/C18H22N2O2.ClH/c1-15-8-10-17(11-9-15)19-18(21)22-13-12-20(2)14-16-6-4-3-5-7-16;/h3-11H,12-14H2,1-2H3,(H,19,21);1H. The maximum atomic E-state index is 11.7. The van der Waals surface area contributed by atoms with Crippen molar-refractivity contribution in [2.75, 3.05) is 25.5 Å². The number of likely N-dealkylation sites (N-methyl/N-ethyl adjacent to an activating group) is 1. The van der Waals surface area contributed by atoms with Gasteiger partial charge < -0.3 is 4.74 Å². The van der Waals surface area contributed by atoms with Gasteiger partial charge in [-0.1, -0.05) is 48.0 Å². The molecule has 2 aromatic rings. The van der Waals surface area contributed by atoms with Crippen molar-refractivity contribution in [2.24, 2.45) is 0 Å². The predicted molar refractivity (Wildman–Crippen MR) is 96.2 cm³/mol. The fourth-order valence-corrected chi connectivity index (χ4v) is 2.06. The normalized spacial score (nSPS) is 10.0. The molecular weight excluding hydrogens is 312 g/mol. The number of amides is 1. The number of carbonyl (C=O) groups is 1. The van der Waals surface area contributed by atoms with Crippen LogP contribution in [0.15, 0.2) is 54.6 Å². The molecule has 0 aliphatic heterocycles. The lowest BCUT2D eigenvalue weighted by atomic mass is 10.2. The average molecular weight is 335 g/mol. The van der Waals surface area contributed by atoms with Gasteiger partial charge >= 0.3 is 6.09 Å². The molecule has 0 bridgehead atoms. The lowest BCUT2D eigenvalue weighted by Crippen LogP contribution is -2.25. The van der Waals surface area contributed by atoms with Crippen molar-refractivity contribution >= 4 is 24.2 Å². The second-order valence-corrected chi connectivity index (χ2v) is 5.35. The zero-order valence-electron chi connectivity index (χ0n) is 13.5. The van der Waals surface area contributed by atoms with E-state index in [0.29, 0.717) is 13.2 Å². The van der Waals surface area contributed by atoms with Crippen LogP contribution in [0.1, 0.15) is 11.1 Å². The Morgan fingerprint density at radius 3 is 2.39 bits per heavy atom. The maximum Gasteiger partial charge on any atom is 0.411 e. The molecule has 0 fully saturated rings. The van der Waals surface area contributed by atoms with Crippen LogP contribution in [0.3, 0.4) is 0 Å². The third kappa shape index (κ3) is 7.17. The van der Waals surface area contributed by atoms with E-state index in [4.69, 9.17) is 4.74 Å². The van der Waals surface area contributed by atoms with Crippen LogP contribution in [0.2, 0.25) is 0 Å². The number of hydrogen-bond acceptors (Lipinski definition) is 3. The lowest BCUT2D eigenvalue weighted by molar-refractivity contribution is 0.145. The first-order valence-corrected chi connectivity index (χ1v) is 7.36. The molecule has 0 aromatic heterocycles. The van der Waals surface area contributed by atoms with Gasteiger partial charge in [-0.15, -0.1) is 12.4 Å². The number of rotatable bonds is 6. The molecule has 23 heavy (non-hydrogen) atoms. The van der Waals surface area contributed by atoms with E-state index in [9.17, 15) is 4.79 Å². The van der Waals surface area contributed by atoms with Gasteiger partial charge in [-0.3, -0.25) is 10.2 Å². The van der Waals surface area contributed by atoms with Gasteiger partial charge in [0, 0.05) is 18.8 Å². The number of nitrogens with zero attached hydrogens (tertiary/aromatic N) is 1. The van der Waals surface area contributed by atoms with Crippen LogP contribution in [0.4, 0.5) is 10.5 Å². The number of nitrogens with one attached hydrogen (secondary N) is 1. The van der Waals surface area contributed by atoms with E-state index in [-0.39, 0.29) is 12.4 Å². The smallest absolute Gasteiger partial charge is 0.411 e. The number of halogens is 1. The van der Waals surface area contributed by atoms with E-state index in [2.05, 4.69) is 22.3 Å². The van der Waals surface area contributed by atoms with Gasteiger partial charge in [-0.2, -0.15) is 0 Å². The molecule has 1 amide bonds. The Kier molecular flexibility index (Phi) is 8.16. The predicted octanol–water partition coefficient (Wildman–Crippen LogP) is 4.10. The Morgan fingerprint density at radius 1 is 1.09 bits per heavy atom. The van der Waals surface area contributed by atoms with E-state index < -0.39 is 6.09 Å². The third-order valence-electron chi connectivity index (χ3n) is 3.30. The number of ether oxygens (including phenoxy) is 1. The Bertz CT molecular complexity index is 588. The first-order valence-electron chi connectivity index (χ1n) is 7.36. The van der Waals surface area contributed by atoms with Gasteiger partial charge in [0.1, 0.15) is 6.61 Å². The molecule has 0 unspecified atom stereocenters. The van der Waals surface area contributed by atoms with Crippen molar-refractivity contribution in [3.8, 4) is 0 Å². The molecule has 0 heterocycles. The highest BCUT2D eigenvalue weighted by atomic mass is 35.5. The van der Waals surface area contributed by atoms with E-state index in [1.165, 1.54) is 5.56 Å². The summed E-state index contributed by atoms with van der Waals surface area (Å²) in [6, 6.07) is 17.8. The summed E-state index contributed by atoms with van der Waals surface area (Å²) in [6.07, 6.45) is -0.419. The van der Waals surface area contributed by atoms with Gasteiger partial charge in [-0.05, 0) is 31.7 Å². The topological polar surface area (TPSA) is 41.6 Å². The van der Waals surface area contributed by atoms with Crippen LogP contribution in [-0.4, -0.2) is 31.2 Å². The summed E-state index contributed by atoms with van der Waals surface area (Å²) in [5.74, 6) is 0. The van der Waals surface area contributed by atoms with Crippen molar-refractivity contribution < 1.29 is 9.53 Å². The van der Waals surface area contributed by atoms with Crippen molar-refractivity contribution in [3.63, 3.8) is 0 Å². The summed E-state index contributed by atoms with van der Waals surface area (Å²) >= 11 is 0. The number of hydrogen-bond donors (Lipinski definition) is 1. The highest BCUT2D eigenvalue weighted by Crippen LogP contribution is 2.08. The average Bonchev–Trinajstić information content (AvgIpc) is 2.50. The Hall–Kier alpha value is -2.04. The summed E-state index contributed by atoms with van der Waals surface area (Å²) in [5.41, 5.74) is 3.14. The molecule has 2 rings (SSSR count). The molecule has 2 aromatic carbocycles. The van der Waals surface area contributed by atoms with Gasteiger partial charge in [0.15, 0.2) is 0 Å². The molecule has 0 saturated heterocycles. The molecular formula is C18H23ClN2O2. The number of carbonyl (C=O) groups excluding carboxylic acids is 1. The fourth-order valence-electron chi connectivity index (χ4n) is 2.06. The molecule has 0 aliphatic carbocycles. The fraction of sp³-hybridized carbons (Fsp3) is 0.278. The minimum Gasteiger partial charge on any atom is -0.448 e. The van der Waals surface area contributed by atoms with E-state index in [1.807, 2.05) is 56.4 Å². The summed E-state index contributed by atoms with van der Waals surface area (Å²) < 4.78 is 5.19. The van der Waals surface area contributed by atoms with E-state index >= 15 is 0 Å². The van der Waals surface area contributed by atoms with Crippen LogP contribution >= 0.6 is 12.4 Å². The highest BCUT2D eigenvalue weighted by Gasteiger charge is 2.05. The Balaban J connectivity index is 0.00000264. The number of benzene rings is 2. The molecule has 4 nitrogen and oxygen atoms in total. The van der Waals surface area contributed by atoms with Gasteiger partial charge in [0.2, 0.25) is 0 Å². The van der Waals surface area contributed by atoms with Crippen molar-refractivity contribution in [1.82, 2.24) is 4.90 Å². The van der Waals surface area contributed by atoms with E-state index in [0.717, 1.165) is 17.8 Å². The third-order valence-corrected chi connectivity index (χ3v) is 3.30. The van der Waals surface area contributed by atoms with Crippen molar-refractivity contribution in [2.45, 2.75) is 13.5 Å². The van der Waals surface area contributed by atoms with Crippen molar-refractivity contribution in [1.29, 1.82) is 0 Å². The Morgan fingerprint density at radius 2 is 1.74 bits per heavy atom. The second kappa shape index (κ2) is 9.87. The second-order valence-electron chi connectivity index (χ2n) is 5.35. The Labute approximate surface area is 143 Å². The zero-order chi connectivity index (χ0) is 15.8. The summed E-state index contributed by atoms with van der Waals surface area (Å²) in [4.78, 5) is 13.8. The number of anilines is 1. The monoisotopic (exact) mass is 334 g/mol. The van der Waals surface area contributed by atoms with Crippen LogP contribution in [0.25, 0.3) is 0 Å². The summed E-state index contributed by atoms with van der Waals surface area (Å²) in [5, 5.41) is 2.71. The minimum atomic E-state index is -0.419. The molecule has 124 valence electrons. The summed E-state index contributed by atoms with van der Waals surface area (Å²) in [7, 11) is 2.01. The first kappa shape index (κ1) is 19.0. The van der Waals surface area contributed by atoms with Gasteiger partial charge in [0.25, 0.3) is 0 Å². The summed E-state index contributed by atoms with van der Waals surface area (Å²) in [6.45, 7) is 3.89. The van der Waals surface area contributed by atoms with Crippen LogP contribution < -0.4 is 5.32 Å². The minimum absolute atomic E-state index is 0. The maximum absolute atomic E-state index is 11.7. The quantitative estimate of drug-likeness (QED) is 0.864. The van der Waals surface area contributed by atoms with Crippen LogP contribution in [0.5, 0.6) is 0 Å². The van der Waals surface area contributed by atoms with Gasteiger partial charge in [0.05, 0.1) is 0 Å².